The van der Waals surface area contributed by atoms with E-state index < -0.39 is 24.4 Å². The third-order valence-electron chi connectivity index (χ3n) is 2.48. The van der Waals surface area contributed by atoms with Crippen LogP contribution < -0.4 is 5.32 Å². The molecule has 1 fully saturated rings. The molecule has 1 aliphatic rings. The van der Waals surface area contributed by atoms with Crippen molar-refractivity contribution < 1.29 is 24.9 Å². The SMILES string of the molecule is CCC(=O)N[C@H]1CO[C@H](CO)[C@@H](O)[C@@H]1O. The molecule has 0 aromatic carbocycles. The third kappa shape index (κ3) is 2.88. The second-order valence-corrected chi connectivity index (χ2v) is 3.56. The molecule has 0 spiro atoms. The summed E-state index contributed by atoms with van der Waals surface area (Å²) in [6.07, 6.45) is -2.75. The average Bonchev–Trinajstić information content (AvgIpc) is 2.25. The summed E-state index contributed by atoms with van der Waals surface area (Å²) in [5, 5.41) is 30.5. The van der Waals surface area contributed by atoms with Crippen LogP contribution in [0.25, 0.3) is 0 Å². The maximum absolute atomic E-state index is 11.1. The molecule has 6 heteroatoms. The lowest BCUT2D eigenvalue weighted by atomic mass is 9.98. The fourth-order valence-electron chi connectivity index (χ4n) is 1.48. The molecule has 0 radical (unpaired) electrons. The normalized spacial score (nSPS) is 36.3. The van der Waals surface area contributed by atoms with Gasteiger partial charge in [-0.1, -0.05) is 6.92 Å². The monoisotopic (exact) mass is 219 g/mol. The Balaban J connectivity index is 2.52. The number of carbonyl (C=O) groups is 1. The molecule has 0 aliphatic carbocycles. The van der Waals surface area contributed by atoms with Crippen LogP contribution in [0.15, 0.2) is 0 Å². The fraction of sp³-hybridized carbons (Fsp3) is 0.889. The minimum Gasteiger partial charge on any atom is -0.394 e. The van der Waals surface area contributed by atoms with Gasteiger partial charge in [0.2, 0.25) is 5.91 Å². The summed E-state index contributed by atoms with van der Waals surface area (Å²) in [5.74, 6) is -0.211. The maximum Gasteiger partial charge on any atom is 0.220 e. The summed E-state index contributed by atoms with van der Waals surface area (Å²) in [6.45, 7) is 1.43. The van der Waals surface area contributed by atoms with E-state index in [9.17, 15) is 15.0 Å². The van der Waals surface area contributed by atoms with Gasteiger partial charge in [0.1, 0.15) is 18.3 Å². The molecule has 0 saturated carbocycles. The van der Waals surface area contributed by atoms with Gasteiger partial charge in [-0.05, 0) is 0 Å². The number of aliphatic hydroxyl groups is 3. The largest absolute Gasteiger partial charge is 0.394 e. The van der Waals surface area contributed by atoms with Crippen LogP contribution in [-0.2, 0) is 9.53 Å². The first kappa shape index (κ1) is 12.4. The Hall–Kier alpha value is -0.690. The molecule has 1 heterocycles. The second kappa shape index (κ2) is 5.41. The Morgan fingerprint density at radius 3 is 2.67 bits per heavy atom. The van der Waals surface area contributed by atoms with Gasteiger partial charge in [0.25, 0.3) is 0 Å². The maximum atomic E-state index is 11.1. The molecule has 4 atom stereocenters. The van der Waals surface area contributed by atoms with Crippen molar-refractivity contribution in [3.05, 3.63) is 0 Å². The highest BCUT2D eigenvalue weighted by molar-refractivity contribution is 5.75. The number of ether oxygens (including phenoxy) is 1. The van der Waals surface area contributed by atoms with Crippen LogP contribution in [0.1, 0.15) is 13.3 Å². The van der Waals surface area contributed by atoms with Gasteiger partial charge in [-0.2, -0.15) is 0 Å². The minimum absolute atomic E-state index is 0.0925. The molecule has 6 nitrogen and oxygen atoms in total. The van der Waals surface area contributed by atoms with Crippen LogP contribution in [0.5, 0.6) is 0 Å². The Bertz CT molecular complexity index is 223. The first-order valence-electron chi connectivity index (χ1n) is 4.98. The highest BCUT2D eigenvalue weighted by Gasteiger charge is 2.38. The van der Waals surface area contributed by atoms with Gasteiger partial charge in [0.15, 0.2) is 0 Å². The van der Waals surface area contributed by atoms with Gasteiger partial charge >= 0.3 is 0 Å². The smallest absolute Gasteiger partial charge is 0.220 e. The lowest BCUT2D eigenvalue weighted by Crippen LogP contribution is -2.59. The van der Waals surface area contributed by atoms with E-state index in [0.717, 1.165) is 0 Å². The van der Waals surface area contributed by atoms with Crippen LogP contribution in [0.4, 0.5) is 0 Å². The van der Waals surface area contributed by atoms with Gasteiger partial charge in [-0.15, -0.1) is 0 Å². The molecule has 0 unspecified atom stereocenters. The van der Waals surface area contributed by atoms with Crippen molar-refractivity contribution in [2.75, 3.05) is 13.2 Å². The van der Waals surface area contributed by atoms with E-state index >= 15 is 0 Å². The zero-order chi connectivity index (χ0) is 11.4. The van der Waals surface area contributed by atoms with Crippen LogP contribution >= 0.6 is 0 Å². The van der Waals surface area contributed by atoms with Gasteiger partial charge in [-0.3, -0.25) is 4.79 Å². The predicted octanol–water partition coefficient (Wildman–Crippen LogP) is -2.01. The van der Waals surface area contributed by atoms with Crippen LogP contribution in [0.3, 0.4) is 0 Å². The third-order valence-corrected chi connectivity index (χ3v) is 2.48. The zero-order valence-electron chi connectivity index (χ0n) is 8.59. The molecular formula is C9H17NO5. The summed E-state index contributed by atoms with van der Waals surface area (Å²) in [6, 6.07) is -0.616. The van der Waals surface area contributed by atoms with E-state index in [1.54, 1.807) is 6.92 Å². The van der Waals surface area contributed by atoms with E-state index in [1.165, 1.54) is 0 Å². The van der Waals surface area contributed by atoms with Gasteiger partial charge in [-0.25, -0.2) is 0 Å². The molecule has 15 heavy (non-hydrogen) atoms. The van der Waals surface area contributed by atoms with Crippen molar-refractivity contribution in [2.24, 2.45) is 0 Å². The van der Waals surface area contributed by atoms with Gasteiger partial charge < -0.3 is 25.4 Å². The molecule has 1 aliphatic heterocycles. The molecule has 1 amide bonds. The standard InChI is InChI=1S/C9H17NO5/c1-2-7(12)10-5-4-15-6(3-11)9(14)8(5)13/h5-6,8-9,11,13-14H,2-4H2,1H3,(H,10,12)/t5-,6+,8+,9+/m0/s1. The lowest BCUT2D eigenvalue weighted by molar-refractivity contribution is -0.164. The number of amides is 1. The molecule has 1 rings (SSSR count). The number of nitrogens with one attached hydrogen (secondary N) is 1. The zero-order valence-corrected chi connectivity index (χ0v) is 8.59. The summed E-state index contributed by atoms with van der Waals surface area (Å²) in [7, 11) is 0. The second-order valence-electron chi connectivity index (χ2n) is 3.56. The van der Waals surface area contributed by atoms with Crippen molar-refractivity contribution in [1.29, 1.82) is 0 Å². The predicted molar refractivity (Wildman–Crippen MR) is 51.1 cm³/mol. The van der Waals surface area contributed by atoms with E-state index in [2.05, 4.69) is 5.32 Å². The van der Waals surface area contributed by atoms with Gasteiger partial charge in [0, 0.05) is 6.42 Å². The summed E-state index contributed by atoms with van der Waals surface area (Å²) in [5.41, 5.74) is 0. The molecule has 0 aromatic rings. The Morgan fingerprint density at radius 2 is 2.13 bits per heavy atom. The quantitative estimate of drug-likeness (QED) is 0.440. The molecular weight excluding hydrogens is 202 g/mol. The molecule has 88 valence electrons. The van der Waals surface area contributed by atoms with Crippen LogP contribution in [-0.4, -0.2) is 58.8 Å². The number of hydrogen-bond donors (Lipinski definition) is 4. The van der Waals surface area contributed by atoms with Crippen molar-refractivity contribution in [3.8, 4) is 0 Å². The van der Waals surface area contributed by atoms with E-state index in [-0.39, 0.29) is 19.1 Å². The molecule has 0 bridgehead atoms. The molecule has 0 aromatic heterocycles. The topological polar surface area (TPSA) is 99.0 Å². The van der Waals surface area contributed by atoms with Crippen LogP contribution in [0, 0.1) is 0 Å². The molecule has 1 saturated heterocycles. The summed E-state index contributed by atoms with van der Waals surface area (Å²) < 4.78 is 5.09. The Morgan fingerprint density at radius 1 is 1.47 bits per heavy atom. The van der Waals surface area contributed by atoms with Crippen molar-refractivity contribution in [3.63, 3.8) is 0 Å². The summed E-state index contributed by atoms with van der Waals surface area (Å²) >= 11 is 0. The summed E-state index contributed by atoms with van der Waals surface area (Å²) in [4.78, 5) is 11.1. The Labute approximate surface area is 87.9 Å². The van der Waals surface area contributed by atoms with E-state index in [4.69, 9.17) is 9.84 Å². The van der Waals surface area contributed by atoms with E-state index in [1.807, 2.05) is 0 Å². The van der Waals surface area contributed by atoms with Crippen molar-refractivity contribution >= 4 is 5.91 Å². The Kier molecular flexibility index (Phi) is 4.46. The molecule has 4 N–H and O–H groups in total. The first-order valence-corrected chi connectivity index (χ1v) is 4.98. The van der Waals surface area contributed by atoms with Crippen molar-refractivity contribution in [2.45, 2.75) is 37.7 Å². The number of aliphatic hydroxyl groups excluding tert-OH is 3. The van der Waals surface area contributed by atoms with Crippen molar-refractivity contribution in [1.82, 2.24) is 5.32 Å². The highest BCUT2D eigenvalue weighted by atomic mass is 16.5. The number of rotatable bonds is 3. The lowest BCUT2D eigenvalue weighted by Gasteiger charge is -2.37. The van der Waals surface area contributed by atoms with Crippen LogP contribution in [0.2, 0.25) is 0 Å². The van der Waals surface area contributed by atoms with E-state index in [0.29, 0.717) is 6.42 Å². The average molecular weight is 219 g/mol. The van der Waals surface area contributed by atoms with Gasteiger partial charge in [0.05, 0.1) is 19.3 Å². The highest BCUT2D eigenvalue weighted by Crippen LogP contribution is 2.15. The number of carbonyl (C=O) groups excluding carboxylic acids is 1. The fourth-order valence-corrected chi connectivity index (χ4v) is 1.48. The number of hydrogen-bond acceptors (Lipinski definition) is 5. The first-order chi connectivity index (χ1) is 7.10. The minimum atomic E-state index is -1.18.